The van der Waals surface area contributed by atoms with Gasteiger partial charge in [0, 0.05) is 7.05 Å². The molecule has 1 aliphatic heterocycles. The van der Waals surface area contributed by atoms with Crippen LogP contribution in [-0.4, -0.2) is 24.2 Å². The predicted octanol–water partition coefficient (Wildman–Crippen LogP) is 0.391. The van der Waals surface area contributed by atoms with Gasteiger partial charge in [-0.15, -0.1) is 0 Å². The van der Waals surface area contributed by atoms with E-state index in [1.54, 1.807) is 19.3 Å². The molecule has 0 N–H and O–H groups in total. The van der Waals surface area contributed by atoms with Gasteiger partial charge in [-0.05, 0) is 6.92 Å². The van der Waals surface area contributed by atoms with E-state index >= 15 is 0 Å². The fourth-order valence-electron chi connectivity index (χ4n) is 0.641. The highest BCUT2D eigenvalue weighted by Crippen LogP contribution is 2.04. The predicted molar refractivity (Wildman–Crippen MR) is 35.0 cm³/mol. The highest BCUT2D eigenvalue weighted by atomic mass is 16.2. The normalized spacial score (nSPS) is 22.2. The van der Waals surface area contributed by atoms with Crippen molar-refractivity contribution in [1.29, 1.82) is 0 Å². The molecule has 3 nitrogen and oxygen atoms in total. The van der Waals surface area contributed by atoms with Gasteiger partial charge in [-0.25, -0.2) is 5.01 Å². The Bertz CT molecular complexity index is 193. The minimum atomic E-state index is -0.0301. The maximum Gasteiger partial charge on any atom is 0.274 e. The van der Waals surface area contributed by atoms with E-state index in [-0.39, 0.29) is 5.91 Å². The van der Waals surface area contributed by atoms with Crippen molar-refractivity contribution < 1.29 is 4.79 Å². The summed E-state index contributed by atoms with van der Waals surface area (Å²) in [5, 5.41) is 5.07. The van der Waals surface area contributed by atoms with E-state index in [0.717, 1.165) is 0 Å². The van der Waals surface area contributed by atoms with Crippen molar-refractivity contribution >= 4 is 12.1 Å². The van der Waals surface area contributed by atoms with E-state index in [4.69, 9.17) is 0 Å². The molecular weight excluding hydrogens is 116 g/mol. The molecule has 1 amide bonds. The number of hydrogen-bond donors (Lipinski definition) is 0. The lowest BCUT2D eigenvalue weighted by Crippen LogP contribution is -2.15. The third-order valence-electron chi connectivity index (χ3n) is 1.22. The van der Waals surface area contributed by atoms with Crippen LogP contribution in [-0.2, 0) is 4.79 Å². The van der Waals surface area contributed by atoms with Crippen molar-refractivity contribution in [2.45, 2.75) is 6.92 Å². The van der Waals surface area contributed by atoms with E-state index in [2.05, 4.69) is 5.10 Å². The van der Waals surface area contributed by atoms with Crippen molar-refractivity contribution in [2.75, 3.05) is 7.05 Å². The van der Waals surface area contributed by atoms with Crippen LogP contribution in [0.1, 0.15) is 6.92 Å². The second-order valence-corrected chi connectivity index (χ2v) is 1.82. The molecule has 0 bridgehead atoms. The number of carbonyl (C=O) groups excluding carboxylic acids is 1. The van der Waals surface area contributed by atoms with Gasteiger partial charge in [-0.1, -0.05) is 6.08 Å². The number of hydrazone groups is 1. The molecular formula is C6H8N2O. The van der Waals surface area contributed by atoms with E-state index in [1.807, 2.05) is 6.92 Å². The average Bonchev–Trinajstić information content (AvgIpc) is 2.15. The fraction of sp³-hybridized carbons (Fsp3) is 0.333. The molecule has 0 aromatic carbocycles. The molecule has 0 radical (unpaired) electrons. The summed E-state index contributed by atoms with van der Waals surface area (Å²) < 4.78 is 0. The smallest absolute Gasteiger partial charge is 0.267 e. The van der Waals surface area contributed by atoms with Crippen LogP contribution in [0.4, 0.5) is 0 Å². The van der Waals surface area contributed by atoms with E-state index < -0.39 is 0 Å². The first-order chi connectivity index (χ1) is 4.25. The van der Waals surface area contributed by atoms with Gasteiger partial charge in [0.25, 0.3) is 5.91 Å². The van der Waals surface area contributed by atoms with Gasteiger partial charge >= 0.3 is 0 Å². The molecule has 48 valence electrons. The van der Waals surface area contributed by atoms with Crippen LogP contribution in [0.15, 0.2) is 16.8 Å². The standard InChI is InChI=1S/C6H8N2O/c1-3-5-4-7-8(2)6(5)9/h3-4H,1-2H3/b5-3+. The van der Waals surface area contributed by atoms with Crippen LogP contribution in [0, 0.1) is 0 Å². The van der Waals surface area contributed by atoms with Crippen LogP contribution in [0.3, 0.4) is 0 Å². The summed E-state index contributed by atoms with van der Waals surface area (Å²) in [5.41, 5.74) is 0.664. The number of hydrogen-bond acceptors (Lipinski definition) is 2. The Balaban J connectivity index is 2.86. The van der Waals surface area contributed by atoms with Gasteiger partial charge in [0.1, 0.15) is 0 Å². The summed E-state index contributed by atoms with van der Waals surface area (Å²) in [6.07, 6.45) is 3.30. The molecule has 0 fully saturated rings. The van der Waals surface area contributed by atoms with E-state index in [0.29, 0.717) is 5.57 Å². The molecule has 0 unspecified atom stereocenters. The Hall–Kier alpha value is -1.12. The summed E-state index contributed by atoms with van der Waals surface area (Å²) in [5.74, 6) is -0.0301. The molecule has 0 aliphatic carbocycles. The fourth-order valence-corrected chi connectivity index (χ4v) is 0.641. The molecule has 1 heterocycles. The molecule has 0 saturated heterocycles. The van der Waals surface area contributed by atoms with Gasteiger partial charge in [-0.3, -0.25) is 4.79 Å². The lowest BCUT2D eigenvalue weighted by molar-refractivity contribution is -0.124. The highest BCUT2D eigenvalue weighted by molar-refractivity contribution is 6.15. The lowest BCUT2D eigenvalue weighted by atomic mass is 10.3. The van der Waals surface area contributed by atoms with Crippen molar-refractivity contribution in [3.63, 3.8) is 0 Å². The zero-order valence-corrected chi connectivity index (χ0v) is 5.46. The van der Waals surface area contributed by atoms with Crippen molar-refractivity contribution in [1.82, 2.24) is 5.01 Å². The third-order valence-corrected chi connectivity index (χ3v) is 1.22. The molecule has 0 aromatic heterocycles. The summed E-state index contributed by atoms with van der Waals surface area (Å²) in [6.45, 7) is 1.82. The Morgan fingerprint density at radius 1 is 1.78 bits per heavy atom. The second-order valence-electron chi connectivity index (χ2n) is 1.82. The second kappa shape index (κ2) is 2.01. The quantitative estimate of drug-likeness (QED) is 0.430. The molecule has 0 saturated carbocycles. The van der Waals surface area contributed by atoms with Crippen LogP contribution < -0.4 is 0 Å². The molecule has 0 aromatic rings. The minimum absolute atomic E-state index is 0.0301. The van der Waals surface area contributed by atoms with Gasteiger partial charge in [0.05, 0.1) is 11.8 Å². The molecule has 1 aliphatic rings. The number of amides is 1. The van der Waals surface area contributed by atoms with Crippen LogP contribution in [0.25, 0.3) is 0 Å². The van der Waals surface area contributed by atoms with Gasteiger partial charge < -0.3 is 0 Å². The number of allylic oxidation sites excluding steroid dienone is 1. The van der Waals surface area contributed by atoms with Crippen molar-refractivity contribution in [3.05, 3.63) is 11.6 Å². The minimum Gasteiger partial charge on any atom is -0.267 e. The molecule has 0 spiro atoms. The van der Waals surface area contributed by atoms with Crippen LogP contribution in [0.5, 0.6) is 0 Å². The zero-order valence-electron chi connectivity index (χ0n) is 5.46. The maximum absolute atomic E-state index is 10.9. The van der Waals surface area contributed by atoms with Gasteiger partial charge in [-0.2, -0.15) is 5.10 Å². The van der Waals surface area contributed by atoms with Gasteiger partial charge in [0.2, 0.25) is 0 Å². The average molecular weight is 124 g/mol. The van der Waals surface area contributed by atoms with Gasteiger partial charge in [0.15, 0.2) is 0 Å². The number of rotatable bonds is 0. The Morgan fingerprint density at radius 2 is 2.44 bits per heavy atom. The number of likely N-dealkylation sites (N-methyl/N-ethyl adjacent to an activating group) is 1. The molecule has 0 atom stereocenters. The Labute approximate surface area is 53.7 Å². The largest absolute Gasteiger partial charge is 0.274 e. The van der Waals surface area contributed by atoms with Crippen LogP contribution in [0.2, 0.25) is 0 Å². The third kappa shape index (κ3) is 0.850. The highest BCUT2D eigenvalue weighted by Gasteiger charge is 2.16. The zero-order chi connectivity index (χ0) is 6.85. The molecule has 1 rings (SSSR count). The van der Waals surface area contributed by atoms with Crippen LogP contribution >= 0.6 is 0 Å². The summed E-state index contributed by atoms with van der Waals surface area (Å²) >= 11 is 0. The lowest BCUT2D eigenvalue weighted by Gasteiger charge is -1.99. The topological polar surface area (TPSA) is 32.7 Å². The number of nitrogens with zero attached hydrogens (tertiary/aromatic N) is 2. The first-order valence-corrected chi connectivity index (χ1v) is 2.74. The summed E-state index contributed by atoms with van der Waals surface area (Å²) in [7, 11) is 1.63. The summed E-state index contributed by atoms with van der Waals surface area (Å²) in [4.78, 5) is 10.9. The summed E-state index contributed by atoms with van der Waals surface area (Å²) in [6, 6.07) is 0. The van der Waals surface area contributed by atoms with E-state index in [1.165, 1.54) is 5.01 Å². The van der Waals surface area contributed by atoms with E-state index in [9.17, 15) is 4.79 Å². The Morgan fingerprint density at radius 3 is 2.67 bits per heavy atom. The first kappa shape index (κ1) is 6.01. The molecule has 9 heavy (non-hydrogen) atoms. The Kier molecular flexibility index (Phi) is 1.34. The molecule has 3 heteroatoms. The van der Waals surface area contributed by atoms with Crippen molar-refractivity contribution in [3.8, 4) is 0 Å². The SMILES string of the molecule is C/C=C1\C=NN(C)C1=O. The first-order valence-electron chi connectivity index (χ1n) is 2.74. The number of carbonyl (C=O) groups is 1. The monoisotopic (exact) mass is 124 g/mol. The van der Waals surface area contributed by atoms with Crippen molar-refractivity contribution in [2.24, 2.45) is 5.10 Å². The maximum atomic E-state index is 10.9.